The summed E-state index contributed by atoms with van der Waals surface area (Å²) in [6.07, 6.45) is 3.76. The van der Waals surface area contributed by atoms with Crippen LogP contribution in [0.4, 0.5) is 5.82 Å². The van der Waals surface area contributed by atoms with E-state index in [2.05, 4.69) is 4.98 Å². The second-order valence-corrected chi connectivity index (χ2v) is 4.14. The van der Waals surface area contributed by atoms with Crippen LogP contribution in [-0.2, 0) is 0 Å². The van der Waals surface area contributed by atoms with Crippen molar-refractivity contribution in [3.8, 4) is 0 Å². The Labute approximate surface area is 98.9 Å². The number of nitrogens with zero attached hydrogens (tertiary/aromatic N) is 2. The minimum absolute atomic E-state index is 0.0556. The van der Waals surface area contributed by atoms with Gasteiger partial charge in [0.1, 0.15) is 11.6 Å². The SMILES string of the molecule is CN1c2ncccc2C(=O)CC1c1ccco1. The zero-order chi connectivity index (χ0) is 11.8. The third-order valence-corrected chi connectivity index (χ3v) is 3.14. The van der Waals surface area contributed by atoms with Crippen molar-refractivity contribution in [2.24, 2.45) is 0 Å². The molecule has 0 radical (unpaired) electrons. The van der Waals surface area contributed by atoms with Crippen LogP contribution in [0.2, 0.25) is 0 Å². The zero-order valence-electron chi connectivity index (χ0n) is 9.46. The number of rotatable bonds is 1. The summed E-state index contributed by atoms with van der Waals surface area (Å²) in [4.78, 5) is 18.3. The van der Waals surface area contributed by atoms with E-state index in [9.17, 15) is 4.79 Å². The molecule has 86 valence electrons. The molecular weight excluding hydrogens is 216 g/mol. The number of ketones is 1. The molecule has 2 aromatic heterocycles. The first kappa shape index (κ1) is 10.1. The van der Waals surface area contributed by atoms with Crippen molar-refractivity contribution in [3.05, 3.63) is 48.0 Å². The van der Waals surface area contributed by atoms with Gasteiger partial charge in [-0.3, -0.25) is 4.79 Å². The molecule has 3 rings (SSSR count). The number of furan rings is 1. The lowest BCUT2D eigenvalue weighted by atomic mass is 9.96. The topological polar surface area (TPSA) is 46.3 Å². The number of fused-ring (bicyclic) bond motifs is 1. The van der Waals surface area contributed by atoms with Gasteiger partial charge >= 0.3 is 0 Å². The van der Waals surface area contributed by atoms with Gasteiger partial charge in [0.2, 0.25) is 0 Å². The minimum atomic E-state index is -0.0556. The van der Waals surface area contributed by atoms with Crippen LogP contribution in [0.1, 0.15) is 28.6 Å². The molecule has 0 aliphatic carbocycles. The maximum atomic E-state index is 12.0. The highest BCUT2D eigenvalue weighted by Crippen LogP contribution is 2.35. The van der Waals surface area contributed by atoms with Crippen molar-refractivity contribution in [1.82, 2.24) is 4.98 Å². The van der Waals surface area contributed by atoms with Gasteiger partial charge in [0.15, 0.2) is 5.78 Å². The molecule has 2 aromatic rings. The van der Waals surface area contributed by atoms with Crippen molar-refractivity contribution >= 4 is 11.6 Å². The van der Waals surface area contributed by atoms with Crippen molar-refractivity contribution in [2.75, 3.05) is 11.9 Å². The minimum Gasteiger partial charge on any atom is -0.467 e. The first-order chi connectivity index (χ1) is 8.27. The number of pyridine rings is 1. The molecule has 0 bridgehead atoms. The average molecular weight is 228 g/mol. The van der Waals surface area contributed by atoms with Crippen LogP contribution in [0.3, 0.4) is 0 Å². The van der Waals surface area contributed by atoms with E-state index < -0.39 is 0 Å². The number of carbonyl (C=O) groups is 1. The van der Waals surface area contributed by atoms with E-state index in [4.69, 9.17) is 4.42 Å². The van der Waals surface area contributed by atoms with Gasteiger partial charge in [-0.2, -0.15) is 0 Å². The molecule has 0 amide bonds. The molecule has 1 unspecified atom stereocenters. The van der Waals surface area contributed by atoms with E-state index >= 15 is 0 Å². The lowest BCUT2D eigenvalue weighted by Crippen LogP contribution is -2.32. The molecule has 0 saturated carbocycles. The van der Waals surface area contributed by atoms with Gasteiger partial charge in [-0.05, 0) is 24.3 Å². The maximum absolute atomic E-state index is 12.0. The molecule has 3 heterocycles. The van der Waals surface area contributed by atoms with Crippen LogP contribution in [0.5, 0.6) is 0 Å². The van der Waals surface area contributed by atoms with Crippen molar-refractivity contribution < 1.29 is 9.21 Å². The lowest BCUT2D eigenvalue weighted by Gasteiger charge is -2.32. The Morgan fingerprint density at radius 3 is 3.06 bits per heavy atom. The molecule has 4 heteroatoms. The molecule has 1 aliphatic rings. The van der Waals surface area contributed by atoms with Gasteiger partial charge in [-0.15, -0.1) is 0 Å². The molecule has 17 heavy (non-hydrogen) atoms. The monoisotopic (exact) mass is 228 g/mol. The molecule has 1 aliphatic heterocycles. The number of hydrogen-bond acceptors (Lipinski definition) is 4. The fraction of sp³-hybridized carbons (Fsp3) is 0.231. The highest BCUT2D eigenvalue weighted by molar-refractivity contribution is 6.02. The third-order valence-electron chi connectivity index (χ3n) is 3.14. The van der Waals surface area contributed by atoms with Crippen LogP contribution in [0.15, 0.2) is 41.1 Å². The Kier molecular flexibility index (Phi) is 2.21. The molecule has 0 N–H and O–H groups in total. The zero-order valence-corrected chi connectivity index (χ0v) is 9.46. The predicted molar refractivity (Wildman–Crippen MR) is 63.0 cm³/mol. The standard InChI is InChI=1S/C13H12N2O2/c1-15-10(12-5-3-7-17-12)8-11(16)9-4-2-6-14-13(9)15/h2-7,10H,8H2,1H3. The molecule has 4 nitrogen and oxygen atoms in total. The third kappa shape index (κ3) is 1.53. The Bertz CT molecular complexity index is 548. The van der Waals surface area contributed by atoms with E-state index in [1.165, 1.54) is 0 Å². The molecule has 0 aromatic carbocycles. The summed E-state index contributed by atoms with van der Waals surface area (Å²) in [6.45, 7) is 0. The van der Waals surface area contributed by atoms with E-state index in [-0.39, 0.29) is 11.8 Å². The summed E-state index contributed by atoms with van der Waals surface area (Å²) in [5.74, 6) is 1.65. The fourth-order valence-electron chi connectivity index (χ4n) is 2.24. The molecule has 0 spiro atoms. The van der Waals surface area contributed by atoms with Gasteiger partial charge < -0.3 is 9.32 Å². The average Bonchev–Trinajstić information content (AvgIpc) is 2.87. The number of Topliss-reactive ketones (excluding diaryl/α,β-unsaturated/α-hetero) is 1. The van der Waals surface area contributed by atoms with Gasteiger partial charge in [0, 0.05) is 19.7 Å². The second-order valence-electron chi connectivity index (χ2n) is 4.14. The molecule has 0 fully saturated rings. The highest BCUT2D eigenvalue weighted by atomic mass is 16.3. The van der Waals surface area contributed by atoms with Crippen molar-refractivity contribution in [1.29, 1.82) is 0 Å². The van der Waals surface area contributed by atoms with Crippen LogP contribution in [-0.4, -0.2) is 17.8 Å². The predicted octanol–water partition coefficient (Wildman–Crippen LogP) is 2.44. The Balaban J connectivity index is 2.06. The summed E-state index contributed by atoms with van der Waals surface area (Å²) in [5.41, 5.74) is 0.692. The van der Waals surface area contributed by atoms with E-state index in [1.807, 2.05) is 30.1 Å². The lowest BCUT2D eigenvalue weighted by molar-refractivity contribution is 0.0962. The fourth-order valence-corrected chi connectivity index (χ4v) is 2.24. The van der Waals surface area contributed by atoms with Crippen LogP contribution >= 0.6 is 0 Å². The maximum Gasteiger partial charge on any atom is 0.169 e. The van der Waals surface area contributed by atoms with E-state index in [0.717, 1.165) is 11.6 Å². The first-order valence-corrected chi connectivity index (χ1v) is 5.52. The second kappa shape index (κ2) is 3.73. The van der Waals surface area contributed by atoms with Crippen LogP contribution in [0.25, 0.3) is 0 Å². The number of aromatic nitrogens is 1. The van der Waals surface area contributed by atoms with Crippen LogP contribution < -0.4 is 4.90 Å². The van der Waals surface area contributed by atoms with Gasteiger partial charge in [-0.25, -0.2) is 4.98 Å². The Morgan fingerprint density at radius 1 is 1.41 bits per heavy atom. The molecular formula is C13H12N2O2. The summed E-state index contributed by atoms with van der Waals surface area (Å²) >= 11 is 0. The van der Waals surface area contributed by atoms with Crippen molar-refractivity contribution in [3.63, 3.8) is 0 Å². The normalized spacial score (nSPS) is 19.2. The van der Waals surface area contributed by atoms with Gasteiger partial charge in [-0.1, -0.05) is 0 Å². The number of carbonyl (C=O) groups excluding carboxylic acids is 1. The first-order valence-electron chi connectivity index (χ1n) is 5.52. The smallest absolute Gasteiger partial charge is 0.169 e. The highest BCUT2D eigenvalue weighted by Gasteiger charge is 2.32. The summed E-state index contributed by atoms with van der Waals surface area (Å²) < 4.78 is 5.39. The van der Waals surface area contributed by atoms with E-state index in [0.29, 0.717) is 12.0 Å². The van der Waals surface area contributed by atoms with E-state index in [1.54, 1.807) is 18.5 Å². The largest absolute Gasteiger partial charge is 0.467 e. The van der Waals surface area contributed by atoms with Crippen molar-refractivity contribution in [2.45, 2.75) is 12.5 Å². The van der Waals surface area contributed by atoms with Gasteiger partial charge in [0.25, 0.3) is 0 Å². The summed E-state index contributed by atoms with van der Waals surface area (Å²) in [5, 5.41) is 0. The summed E-state index contributed by atoms with van der Waals surface area (Å²) in [7, 11) is 1.94. The molecule has 1 atom stereocenters. The van der Waals surface area contributed by atoms with Gasteiger partial charge in [0.05, 0.1) is 17.9 Å². The number of hydrogen-bond donors (Lipinski definition) is 0. The van der Waals surface area contributed by atoms with Crippen LogP contribution in [0, 0.1) is 0 Å². The summed E-state index contributed by atoms with van der Waals surface area (Å²) in [6, 6.07) is 7.28. The quantitative estimate of drug-likeness (QED) is 0.752. The number of anilines is 1. The molecule has 0 saturated heterocycles. The Morgan fingerprint density at radius 2 is 2.29 bits per heavy atom. The Hall–Kier alpha value is -2.10.